The molecule has 1 atom stereocenters. The first-order valence-corrected chi connectivity index (χ1v) is 7.76. The van der Waals surface area contributed by atoms with Crippen LogP contribution in [0.2, 0.25) is 5.02 Å². The van der Waals surface area contributed by atoms with Crippen molar-refractivity contribution in [2.24, 2.45) is 0 Å². The highest BCUT2D eigenvalue weighted by molar-refractivity contribution is 7.98. The summed E-state index contributed by atoms with van der Waals surface area (Å²) >= 11 is 7.30. The Kier molecular flexibility index (Phi) is 7.18. The summed E-state index contributed by atoms with van der Waals surface area (Å²) in [5.74, 6) is -0.765. The molecule has 6 heteroatoms. The van der Waals surface area contributed by atoms with E-state index in [0.717, 1.165) is 5.56 Å². The lowest BCUT2D eigenvalue weighted by Crippen LogP contribution is -2.40. The van der Waals surface area contributed by atoms with Gasteiger partial charge >= 0.3 is 5.97 Å². The molecule has 0 aliphatic carbocycles. The van der Waals surface area contributed by atoms with E-state index in [2.05, 4.69) is 5.32 Å². The number of hydrogen-bond acceptors (Lipinski definition) is 3. The average Bonchev–Trinajstić information content (AvgIpc) is 2.42. The van der Waals surface area contributed by atoms with E-state index in [1.807, 2.05) is 6.26 Å². The van der Waals surface area contributed by atoms with Crippen molar-refractivity contribution in [1.82, 2.24) is 5.32 Å². The molecule has 108 valence electrons. The standard InChI is InChI=1S/C14H16ClNO3S/c1-20-9-8-12(14(18)19)16-13(17)7-4-10-2-5-11(15)6-3-10/h2-7,12H,8-9H2,1H3,(H,16,17)(H,18,19)/b7-4+/t12-/m0/s1. The van der Waals surface area contributed by atoms with E-state index in [0.29, 0.717) is 17.2 Å². The van der Waals surface area contributed by atoms with E-state index in [9.17, 15) is 9.59 Å². The molecular weight excluding hydrogens is 298 g/mol. The Morgan fingerprint density at radius 3 is 2.60 bits per heavy atom. The second-order valence-corrected chi connectivity index (χ2v) is 5.49. The second-order valence-electron chi connectivity index (χ2n) is 4.07. The number of carboxylic acids is 1. The number of halogens is 1. The van der Waals surface area contributed by atoms with Gasteiger partial charge in [0.25, 0.3) is 0 Å². The third kappa shape index (κ3) is 6.12. The van der Waals surface area contributed by atoms with Crippen LogP contribution in [0.25, 0.3) is 6.08 Å². The summed E-state index contributed by atoms with van der Waals surface area (Å²) in [6.07, 6.45) is 5.22. The van der Waals surface area contributed by atoms with Crippen LogP contribution >= 0.6 is 23.4 Å². The van der Waals surface area contributed by atoms with Gasteiger partial charge in [-0.05, 0) is 42.2 Å². The van der Waals surface area contributed by atoms with E-state index >= 15 is 0 Å². The smallest absolute Gasteiger partial charge is 0.326 e. The normalized spacial score (nSPS) is 12.3. The van der Waals surface area contributed by atoms with Crippen LogP contribution in [0, 0.1) is 0 Å². The van der Waals surface area contributed by atoms with Crippen LogP contribution in [0.3, 0.4) is 0 Å². The lowest BCUT2D eigenvalue weighted by Gasteiger charge is -2.12. The van der Waals surface area contributed by atoms with Gasteiger partial charge in [0.05, 0.1) is 0 Å². The summed E-state index contributed by atoms with van der Waals surface area (Å²) < 4.78 is 0. The predicted octanol–water partition coefficient (Wildman–Crippen LogP) is 2.68. The molecule has 1 amide bonds. The van der Waals surface area contributed by atoms with Gasteiger partial charge in [0.2, 0.25) is 5.91 Å². The number of nitrogens with one attached hydrogen (secondary N) is 1. The third-order valence-electron chi connectivity index (χ3n) is 2.52. The molecule has 0 radical (unpaired) electrons. The van der Waals surface area contributed by atoms with Gasteiger partial charge in [-0.15, -0.1) is 0 Å². The fourth-order valence-corrected chi connectivity index (χ4v) is 2.06. The average molecular weight is 314 g/mol. The summed E-state index contributed by atoms with van der Waals surface area (Å²) in [7, 11) is 0. The molecule has 0 aliphatic heterocycles. The molecule has 0 aromatic heterocycles. The fourth-order valence-electron chi connectivity index (χ4n) is 1.46. The molecule has 1 rings (SSSR count). The van der Waals surface area contributed by atoms with Crippen LogP contribution in [0.1, 0.15) is 12.0 Å². The first kappa shape index (κ1) is 16.6. The zero-order chi connectivity index (χ0) is 15.0. The first-order chi connectivity index (χ1) is 9.52. The molecule has 20 heavy (non-hydrogen) atoms. The maximum Gasteiger partial charge on any atom is 0.326 e. The highest BCUT2D eigenvalue weighted by atomic mass is 35.5. The lowest BCUT2D eigenvalue weighted by atomic mass is 10.2. The topological polar surface area (TPSA) is 66.4 Å². The minimum Gasteiger partial charge on any atom is -0.480 e. The van der Waals surface area contributed by atoms with Gasteiger partial charge in [-0.1, -0.05) is 23.7 Å². The minimum absolute atomic E-state index is 0.400. The quantitative estimate of drug-likeness (QED) is 0.760. The molecule has 1 aromatic carbocycles. The van der Waals surface area contributed by atoms with Gasteiger partial charge < -0.3 is 10.4 Å². The number of hydrogen-bond donors (Lipinski definition) is 2. The van der Waals surface area contributed by atoms with E-state index in [1.165, 1.54) is 6.08 Å². The van der Waals surface area contributed by atoms with Gasteiger partial charge in [0, 0.05) is 11.1 Å². The number of amides is 1. The number of rotatable bonds is 7. The monoisotopic (exact) mass is 313 g/mol. The molecule has 0 unspecified atom stereocenters. The largest absolute Gasteiger partial charge is 0.480 e. The van der Waals surface area contributed by atoms with Crippen LogP contribution in [0.5, 0.6) is 0 Å². The van der Waals surface area contributed by atoms with Crippen LogP contribution in [0.15, 0.2) is 30.3 Å². The Morgan fingerprint density at radius 2 is 2.05 bits per heavy atom. The molecule has 0 fully saturated rings. The number of carbonyl (C=O) groups is 2. The van der Waals surface area contributed by atoms with E-state index < -0.39 is 17.9 Å². The minimum atomic E-state index is -1.02. The Hall–Kier alpha value is -1.46. The van der Waals surface area contributed by atoms with E-state index in [4.69, 9.17) is 16.7 Å². The highest BCUT2D eigenvalue weighted by Gasteiger charge is 2.17. The van der Waals surface area contributed by atoms with Crippen molar-refractivity contribution in [1.29, 1.82) is 0 Å². The zero-order valence-corrected chi connectivity index (χ0v) is 12.6. The summed E-state index contributed by atoms with van der Waals surface area (Å²) in [6, 6.07) is 6.13. The van der Waals surface area contributed by atoms with E-state index in [-0.39, 0.29) is 0 Å². The van der Waals surface area contributed by atoms with Gasteiger partial charge in [0.15, 0.2) is 0 Å². The third-order valence-corrected chi connectivity index (χ3v) is 3.42. The molecule has 0 bridgehead atoms. The Labute approximate surface area is 127 Å². The molecule has 0 saturated heterocycles. The summed E-state index contributed by atoms with van der Waals surface area (Å²) in [6.45, 7) is 0. The Morgan fingerprint density at radius 1 is 1.40 bits per heavy atom. The summed E-state index contributed by atoms with van der Waals surface area (Å²) in [4.78, 5) is 22.7. The molecule has 1 aromatic rings. The molecule has 2 N–H and O–H groups in total. The van der Waals surface area contributed by atoms with Crippen molar-refractivity contribution in [2.75, 3.05) is 12.0 Å². The predicted molar refractivity (Wildman–Crippen MR) is 83.1 cm³/mol. The zero-order valence-electron chi connectivity index (χ0n) is 11.0. The van der Waals surface area contributed by atoms with Crippen LogP contribution in [0.4, 0.5) is 0 Å². The Bertz CT molecular complexity index is 488. The van der Waals surface area contributed by atoms with Gasteiger partial charge in [0.1, 0.15) is 6.04 Å². The summed E-state index contributed by atoms with van der Waals surface area (Å²) in [5.41, 5.74) is 0.820. The number of carboxylic acid groups (broad SMARTS) is 1. The number of aliphatic carboxylic acids is 1. The van der Waals surface area contributed by atoms with Gasteiger partial charge in [-0.25, -0.2) is 4.79 Å². The van der Waals surface area contributed by atoms with Crippen molar-refractivity contribution in [2.45, 2.75) is 12.5 Å². The van der Waals surface area contributed by atoms with Crippen molar-refractivity contribution < 1.29 is 14.7 Å². The maximum atomic E-state index is 11.7. The molecule has 0 saturated carbocycles. The van der Waals surface area contributed by atoms with Gasteiger partial charge in [-0.3, -0.25) is 4.79 Å². The highest BCUT2D eigenvalue weighted by Crippen LogP contribution is 2.10. The fraction of sp³-hybridized carbons (Fsp3) is 0.286. The number of benzene rings is 1. The molecular formula is C14H16ClNO3S. The first-order valence-electron chi connectivity index (χ1n) is 5.99. The van der Waals surface area contributed by atoms with Crippen molar-refractivity contribution in [3.63, 3.8) is 0 Å². The molecule has 4 nitrogen and oxygen atoms in total. The van der Waals surface area contributed by atoms with Crippen molar-refractivity contribution in [3.8, 4) is 0 Å². The van der Waals surface area contributed by atoms with Gasteiger partial charge in [-0.2, -0.15) is 11.8 Å². The molecule has 0 heterocycles. The van der Waals surface area contributed by atoms with Crippen molar-refractivity contribution in [3.05, 3.63) is 40.9 Å². The number of carbonyl (C=O) groups excluding carboxylic acids is 1. The van der Waals surface area contributed by atoms with Crippen LogP contribution < -0.4 is 5.32 Å². The number of thioether (sulfide) groups is 1. The van der Waals surface area contributed by atoms with Crippen LogP contribution in [-0.2, 0) is 9.59 Å². The maximum absolute atomic E-state index is 11.7. The second kappa shape index (κ2) is 8.66. The molecule has 0 spiro atoms. The van der Waals surface area contributed by atoms with Crippen molar-refractivity contribution >= 4 is 41.3 Å². The lowest BCUT2D eigenvalue weighted by molar-refractivity contribution is -0.141. The molecule has 0 aliphatic rings. The summed E-state index contributed by atoms with van der Waals surface area (Å²) in [5, 5.41) is 12.1. The van der Waals surface area contributed by atoms with Crippen LogP contribution in [-0.4, -0.2) is 35.0 Å². The Balaban J connectivity index is 2.56. The SMILES string of the molecule is CSCC[C@H](NC(=O)/C=C/c1ccc(Cl)cc1)C(=O)O. The van der Waals surface area contributed by atoms with E-state index in [1.54, 1.807) is 42.1 Å².